The van der Waals surface area contributed by atoms with E-state index in [9.17, 15) is 0 Å². The number of anilines is 1. The van der Waals surface area contributed by atoms with E-state index >= 15 is 0 Å². The van der Waals surface area contributed by atoms with E-state index in [-0.39, 0.29) is 6.04 Å². The van der Waals surface area contributed by atoms with Crippen LogP contribution in [0.15, 0.2) is 60.8 Å². The van der Waals surface area contributed by atoms with E-state index in [1.807, 2.05) is 48.5 Å². The number of hydrogen-bond acceptors (Lipinski definition) is 5. The van der Waals surface area contributed by atoms with Gasteiger partial charge >= 0.3 is 0 Å². The van der Waals surface area contributed by atoms with Gasteiger partial charge in [-0.1, -0.05) is 41.9 Å². The van der Waals surface area contributed by atoms with Gasteiger partial charge in [-0.05, 0) is 18.2 Å². The third kappa shape index (κ3) is 2.98. The van der Waals surface area contributed by atoms with Crippen LogP contribution in [-0.2, 0) is 0 Å². The van der Waals surface area contributed by atoms with Crippen LogP contribution in [0.5, 0.6) is 17.4 Å². The van der Waals surface area contributed by atoms with Gasteiger partial charge in [0.2, 0.25) is 11.8 Å². The number of hydrogen-bond donors (Lipinski definition) is 1. The normalized spacial score (nSPS) is 15.5. The Bertz CT molecular complexity index is 858. The topological polar surface area (TPSA) is 56.3 Å². The second-order valence-electron chi connectivity index (χ2n) is 5.30. The van der Waals surface area contributed by atoms with Gasteiger partial charge in [0, 0.05) is 17.8 Å². The van der Waals surface area contributed by atoms with Gasteiger partial charge in [-0.2, -0.15) is 4.98 Å². The van der Waals surface area contributed by atoms with Crippen molar-refractivity contribution in [2.45, 2.75) is 6.04 Å². The van der Waals surface area contributed by atoms with Crippen LogP contribution in [0.3, 0.4) is 0 Å². The van der Waals surface area contributed by atoms with Gasteiger partial charge in [-0.15, -0.1) is 0 Å². The molecule has 1 aromatic heterocycles. The van der Waals surface area contributed by atoms with Crippen molar-refractivity contribution in [3.05, 3.63) is 71.4 Å². The minimum atomic E-state index is -0.0503. The molecule has 24 heavy (non-hydrogen) atoms. The second kappa shape index (κ2) is 6.37. The summed E-state index contributed by atoms with van der Waals surface area (Å²) >= 11 is 6.15. The molecule has 1 aliphatic rings. The van der Waals surface area contributed by atoms with Crippen LogP contribution in [0.4, 0.5) is 5.95 Å². The number of halogens is 1. The molecule has 1 unspecified atom stereocenters. The number of aromatic nitrogens is 2. The van der Waals surface area contributed by atoms with Gasteiger partial charge in [-0.25, -0.2) is 4.98 Å². The van der Waals surface area contributed by atoms with Crippen molar-refractivity contribution < 1.29 is 9.47 Å². The molecule has 5 nitrogen and oxygen atoms in total. The minimum absolute atomic E-state index is 0.0503. The van der Waals surface area contributed by atoms with Crippen molar-refractivity contribution in [3.8, 4) is 17.4 Å². The second-order valence-corrected chi connectivity index (χ2v) is 5.71. The van der Waals surface area contributed by atoms with Crippen molar-refractivity contribution in [2.75, 3.05) is 11.9 Å². The molecule has 0 aliphatic carbocycles. The zero-order chi connectivity index (χ0) is 16.4. The molecule has 1 aliphatic heterocycles. The Labute approximate surface area is 144 Å². The Balaban J connectivity index is 1.52. The molecule has 0 saturated carbocycles. The molecule has 4 rings (SSSR count). The maximum Gasteiger partial charge on any atom is 0.226 e. The van der Waals surface area contributed by atoms with Crippen molar-refractivity contribution in [1.82, 2.24) is 9.97 Å². The molecule has 0 spiro atoms. The number of ether oxygens (including phenoxy) is 2. The average Bonchev–Trinajstić information content (AvgIpc) is 3.01. The predicted molar refractivity (Wildman–Crippen MR) is 91.9 cm³/mol. The van der Waals surface area contributed by atoms with Crippen LogP contribution in [0.1, 0.15) is 11.6 Å². The lowest BCUT2D eigenvalue weighted by molar-refractivity contribution is 0.339. The third-order valence-corrected chi connectivity index (χ3v) is 3.96. The van der Waals surface area contributed by atoms with E-state index < -0.39 is 0 Å². The van der Waals surface area contributed by atoms with Crippen LogP contribution in [0, 0.1) is 0 Å². The van der Waals surface area contributed by atoms with Gasteiger partial charge in [0.15, 0.2) is 0 Å². The van der Waals surface area contributed by atoms with Gasteiger partial charge in [0.1, 0.15) is 18.1 Å². The average molecular weight is 340 g/mol. The van der Waals surface area contributed by atoms with Crippen molar-refractivity contribution in [2.24, 2.45) is 0 Å². The Morgan fingerprint density at radius 1 is 1.08 bits per heavy atom. The number of rotatable bonds is 4. The van der Waals surface area contributed by atoms with Gasteiger partial charge in [0.25, 0.3) is 0 Å². The van der Waals surface area contributed by atoms with Crippen molar-refractivity contribution in [1.29, 1.82) is 0 Å². The molecular weight excluding hydrogens is 326 g/mol. The highest BCUT2D eigenvalue weighted by Gasteiger charge is 2.26. The van der Waals surface area contributed by atoms with E-state index in [0.717, 1.165) is 11.3 Å². The molecule has 1 N–H and O–H groups in total. The van der Waals surface area contributed by atoms with E-state index in [1.54, 1.807) is 12.3 Å². The summed E-state index contributed by atoms with van der Waals surface area (Å²) in [5.41, 5.74) is 1.00. The number of benzene rings is 2. The number of para-hydroxylation sites is 2. The first-order valence-electron chi connectivity index (χ1n) is 7.53. The molecular formula is C18H14ClN3O2. The highest BCUT2D eigenvalue weighted by molar-refractivity contribution is 6.32. The fraction of sp³-hybridized carbons (Fsp3) is 0.111. The highest BCUT2D eigenvalue weighted by Crippen LogP contribution is 2.39. The number of fused-ring (bicyclic) bond motifs is 1. The lowest BCUT2D eigenvalue weighted by Crippen LogP contribution is -2.14. The quantitative estimate of drug-likeness (QED) is 0.760. The number of nitrogens with one attached hydrogen (secondary N) is 1. The Morgan fingerprint density at radius 2 is 1.96 bits per heavy atom. The molecule has 0 fully saturated rings. The molecule has 2 aromatic carbocycles. The standard InChI is InChI=1S/C18H14ClN3O2/c19-14-8-4-7-13-15(11-23-17(13)14)21-18-20-10-9-16(22-18)24-12-5-2-1-3-6-12/h1-10,15H,11H2,(H,20,21,22). The first-order valence-corrected chi connectivity index (χ1v) is 7.91. The van der Waals surface area contributed by atoms with Crippen LogP contribution >= 0.6 is 11.6 Å². The van der Waals surface area contributed by atoms with Crippen LogP contribution < -0.4 is 14.8 Å². The molecule has 0 amide bonds. The molecule has 0 bridgehead atoms. The molecule has 3 aromatic rings. The van der Waals surface area contributed by atoms with E-state index in [0.29, 0.717) is 29.2 Å². The van der Waals surface area contributed by atoms with E-state index in [2.05, 4.69) is 15.3 Å². The lowest BCUT2D eigenvalue weighted by Gasteiger charge is -2.12. The Morgan fingerprint density at radius 3 is 2.83 bits per heavy atom. The largest absolute Gasteiger partial charge is 0.489 e. The van der Waals surface area contributed by atoms with Gasteiger partial charge in [-0.3, -0.25) is 0 Å². The summed E-state index contributed by atoms with van der Waals surface area (Å²) in [5.74, 6) is 2.39. The summed E-state index contributed by atoms with van der Waals surface area (Å²) in [7, 11) is 0. The lowest BCUT2D eigenvalue weighted by atomic mass is 10.1. The van der Waals surface area contributed by atoms with Crippen LogP contribution in [0.2, 0.25) is 5.02 Å². The minimum Gasteiger partial charge on any atom is -0.489 e. The molecule has 2 heterocycles. The number of nitrogens with zero attached hydrogens (tertiary/aromatic N) is 2. The van der Waals surface area contributed by atoms with Crippen LogP contribution in [-0.4, -0.2) is 16.6 Å². The summed E-state index contributed by atoms with van der Waals surface area (Å²) in [4.78, 5) is 8.64. The zero-order valence-corrected chi connectivity index (χ0v) is 13.4. The van der Waals surface area contributed by atoms with Gasteiger partial charge in [0.05, 0.1) is 11.1 Å². The van der Waals surface area contributed by atoms with Crippen molar-refractivity contribution in [3.63, 3.8) is 0 Å². The maximum atomic E-state index is 6.15. The molecule has 1 atom stereocenters. The summed E-state index contributed by atoms with van der Waals surface area (Å²) in [5, 5.41) is 3.87. The Hall–Kier alpha value is -2.79. The summed E-state index contributed by atoms with van der Waals surface area (Å²) in [6, 6.07) is 16.9. The van der Waals surface area contributed by atoms with Gasteiger partial charge < -0.3 is 14.8 Å². The maximum absolute atomic E-state index is 6.15. The molecule has 120 valence electrons. The van der Waals surface area contributed by atoms with Crippen LogP contribution in [0.25, 0.3) is 0 Å². The Kier molecular flexibility index (Phi) is 3.92. The summed E-state index contributed by atoms with van der Waals surface area (Å²) < 4.78 is 11.4. The zero-order valence-electron chi connectivity index (χ0n) is 12.6. The molecule has 0 radical (unpaired) electrons. The molecule has 6 heteroatoms. The monoisotopic (exact) mass is 339 g/mol. The first kappa shape index (κ1) is 14.8. The first-order chi connectivity index (χ1) is 11.8. The fourth-order valence-electron chi connectivity index (χ4n) is 2.56. The third-order valence-electron chi connectivity index (χ3n) is 3.67. The molecule has 0 saturated heterocycles. The van der Waals surface area contributed by atoms with E-state index in [1.165, 1.54) is 0 Å². The smallest absolute Gasteiger partial charge is 0.226 e. The van der Waals surface area contributed by atoms with E-state index in [4.69, 9.17) is 21.1 Å². The predicted octanol–water partition coefficient (Wildman–Crippen LogP) is 4.47. The SMILES string of the molecule is Clc1cccc2c1OCC2Nc1nccc(Oc2ccccc2)n1. The highest BCUT2D eigenvalue weighted by atomic mass is 35.5. The van der Waals surface area contributed by atoms with Crippen molar-refractivity contribution >= 4 is 17.5 Å². The fourth-order valence-corrected chi connectivity index (χ4v) is 2.80. The summed E-state index contributed by atoms with van der Waals surface area (Å²) in [6.07, 6.45) is 1.66. The summed E-state index contributed by atoms with van der Waals surface area (Å²) in [6.45, 7) is 0.478.